The van der Waals surface area contributed by atoms with Crippen molar-refractivity contribution in [1.82, 2.24) is 24.8 Å². The quantitative estimate of drug-likeness (QED) is 0.735. The van der Waals surface area contributed by atoms with E-state index in [-0.39, 0.29) is 17.7 Å². The Morgan fingerprint density at radius 3 is 2.62 bits per heavy atom. The van der Waals surface area contributed by atoms with E-state index < -0.39 is 0 Å². The first kappa shape index (κ1) is 21.0. The van der Waals surface area contributed by atoms with Crippen LogP contribution in [-0.2, 0) is 11.2 Å². The number of hydrogen-bond acceptors (Lipinski definition) is 6. The Morgan fingerprint density at radius 2 is 1.88 bits per heavy atom. The van der Waals surface area contributed by atoms with Crippen LogP contribution in [0.3, 0.4) is 0 Å². The molecule has 8 heteroatoms. The van der Waals surface area contributed by atoms with Gasteiger partial charge in [-0.1, -0.05) is 0 Å². The molecule has 168 valence electrons. The van der Waals surface area contributed by atoms with Gasteiger partial charge in [-0.3, -0.25) is 14.5 Å². The maximum absolute atomic E-state index is 13.2. The van der Waals surface area contributed by atoms with E-state index in [1.165, 1.54) is 12.8 Å². The molecule has 2 fully saturated rings. The Labute approximate surface area is 188 Å². The highest BCUT2D eigenvalue weighted by atomic mass is 16.2. The summed E-state index contributed by atoms with van der Waals surface area (Å²) in [5.74, 6) is 3.03. The van der Waals surface area contributed by atoms with Crippen LogP contribution >= 0.6 is 0 Å². The second kappa shape index (κ2) is 8.22. The Hall–Kier alpha value is -2.90. The molecule has 32 heavy (non-hydrogen) atoms. The first-order valence-corrected chi connectivity index (χ1v) is 11.7. The third kappa shape index (κ3) is 3.98. The van der Waals surface area contributed by atoms with E-state index in [9.17, 15) is 9.59 Å². The summed E-state index contributed by atoms with van der Waals surface area (Å²) in [6.07, 6.45) is 7.09. The molecule has 1 saturated carbocycles. The molecule has 2 aliphatic heterocycles. The molecule has 2 aromatic rings. The number of hydrogen-bond donors (Lipinski definition) is 0. The second-order valence-corrected chi connectivity index (χ2v) is 9.42. The number of nitrogens with zero attached hydrogens (tertiary/aromatic N) is 6. The molecular formula is C24H30N6O2. The summed E-state index contributed by atoms with van der Waals surface area (Å²) >= 11 is 0. The van der Waals surface area contributed by atoms with Crippen molar-refractivity contribution < 1.29 is 9.59 Å². The summed E-state index contributed by atoms with van der Waals surface area (Å²) in [5.41, 5.74) is 3.33. The minimum atomic E-state index is -0.0348. The van der Waals surface area contributed by atoms with E-state index in [0.29, 0.717) is 48.9 Å². The first-order valence-electron chi connectivity index (χ1n) is 11.7. The van der Waals surface area contributed by atoms with Crippen molar-refractivity contribution in [3.05, 3.63) is 40.4 Å². The molecule has 2 amide bonds. The molecule has 0 aromatic carbocycles. The van der Waals surface area contributed by atoms with Crippen molar-refractivity contribution in [3.8, 4) is 0 Å². The first-order chi connectivity index (χ1) is 15.4. The molecule has 5 rings (SSSR count). The highest BCUT2D eigenvalue weighted by molar-refractivity contribution is 5.96. The van der Waals surface area contributed by atoms with Gasteiger partial charge in [-0.05, 0) is 58.8 Å². The van der Waals surface area contributed by atoms with Crippen LogP contribution in [0.5, 0.6) is 0 Å². The SMILES string of the molecule is Cc1ncc(C(=O)N2CCC[C@@H](c3nc(C)c4c(n3)N(CC3CC3)C(=O)CC4)C2)c(C)n1. The number of anilines is 1. The topological polar surface area (TPSA) is 92.2 Å². The van der Waals surface area contributed by atoms with Gasteiger partial charge in [0, 0.05) is 49.4 Å². The van der Waals surface area contributed by atoms with Gasteiger partial charge < -0.3 is 4.90 Å². The third-order valence-corrected chi connectivity index (χ3v) is 6.90. The second-order valence-electron chi connectivity index (χ2n) is 9.42. The summed E-state index contributed by atoms with van der Waals surface area (Å²) in [6, 6.07) is 0. The zero-order chi connectivity index (χ0) is 22.4. The van der Waals surface area contributed by atoms with Crippen LogP contribution in [0.4, 0.5) is 5.82 Å². The van der Waals surface area contributed by atoms with E-state index in [0.717, 1.165) is 42.3 Å². The van der Waals surface area contributed by atoms with Crippen molar-refractivity contribution in [1.29, 1.82) is 0 Å². The largest absolute Gasteiger partial charge is 0.338 e. The molecule has 0 N–H and O–H groups in total. The Balaban J connectivity index is 1.41. The fourth-order valence-corrected chi connectivity index (χ4v) is 4.87. The predicted molar refractivity (Wildman–Crippen MR) is 120 cm³/mol. The zero-order valence-corrected chi connectivity index (χ0v) is 19.1. The van der Waals surface area contributed by atoms with Crippen molar-refractivity contribution in [2.75, 3.05) is 24.5 Å². The fraction of sp³-hybridized carbons (Fsp3) is 0.583. The van der Waals surface area contributed by atoms with E-state index in [1.807, 2.05) is 30.6 Å². The highest BCUT2D eigenvalue weighted by Gasteiger charge is 2.35. The van der Waals surface area contributed by atoms with Gasteiger partial charge in [-0.2, -0.15) is 0 Å². The van der Waals surface area contributed by atoms with Gasteiger partial charge in [0.2, 0.25) is 5.91 Å². The van der Waals surface area contributed by atoms with Crippen molar-refractivity contribution in [3.63, 3.8) is 0 Å². The number of fused-ring (bicyclic) bond motifs is 1. The summed E-state index contributed by atoms with van der Waals surface area (Å²) in [5, 5.41) is 0. The fourth-order valence-electron chi connectivity index (χ4n) is 4.87. The molecule has 2 aromatic heterocycles. The van der Waals surface area contributed by atoms with Crippen molar-refractivity contribution in [2.24, 2.45) is 5.92 Å². The monoisotopic (exact) mass is 434 g/mol. The van der Waals surface area contributed by atoms with Crippen LogP contribution in [-0.4, -0.2) is 56.3 Å². The van der Waals surface area contributed by atoms with Crippen LogP contribution in [0, 0.1) is 26.7 Å². The lowest BCUT2D eigenvalue weighted by Gasteiger charge is -2.34. The summed E-state index contributed by atoms with van der Waals surface area (Å²) in [7, 11) is 0. The lowest BCUT2D eigenvalue weighted by molar-refractivity contribution is -0.119. The molecular weight excluding hydrogens is 404 g/mol. The smallest absolute Gasteiger partial charge is 0.257 e. The number of likely N-dealkylation sites (tertiary alicyclic amines) is 1. The van der Waals surface area contributed by atoms with Gasteiger partial charge in [0.05, 0.1) is 11.3 Å². The molecule has 1 aliphatic carbocycles. The minimum Gasteiger partial charge on any atom is -0.338 e. The molecule has 8 nitrogen and oxygen atoms in total. The Kier molecular flexibility index (Phi) is 5.39. The average Bonchev–Trinajstić information content (AvgIpc) is 3.59. The maximum atomic E-state index is 13.2. The number of carbonyl (C=O) groups is 2. The van der Waals surface area contributed by atoms with Crippen molar-refractivity contribution in [2.45, 2.75) is 65.2 Å². The van der Waals surface area contributed by atoms with Gasteiger partial charge in [0.15, 0.2) is 0 Å². The number of carbonyl (C=O) groups excluding carboxylic acids is 2. The molecule has 0 unspecified atom stereocenters. The predicted octanol–water partition coefficient (Wildman–Crippen LogP) is 2.90. The van der Waals surface area contributed by atoms with Gasteiger partial charge in [-0.15, -0.1) is 0 Å². The van der Waals surface area contributed by atoms with Crippen LogP contribution in [0.15, 0.2) is 6.20 Å². The van der Waals surface area contributed by atoms with Gasteiger partial charge in [-0.25, -0.2) is 19.9 Å². The normalized spacial score (nSPS) is 21.0. The molecule has 0 bridgehead atoms. The number of aryl methyl sites for hydroxylation is 3. The number of rotatable bonds is 4. The van der Waals surface area contributed by atoms with Gasteiger partial charge in [0.1, 0.15) is 17.5 Å². The standard InChI is InChI=1S/C24H30N6O2/c1-14-19-8-9-21(31)30(12-17-6-7-17)23(19)28-22(27-14)18-5-4-10-29(13-18)24(32)20-11-25-16(3)26-15(20)2/h11,17-18H,4-10,12-13H2,1-3H3/t18-/m1/s1. The molecule has 3 aliphatic rings. The average molecular weight is 435 g/mol. The molecule has 0 spiro atoms. The third-order valence-electron chi connectivity index (χ3n) is 6.90. The number of aromatic nitrogens is 4. The summed E-state index contributed by atoms with van der Waals surface area (Å²) in [4.78, 5) is 48.0. The zero-order valence-electron chi connectivity index (χ0n) is 19.1. The van der Waals surface area contributed by atoms with Crippen molar-refractivity contribution >= 4 is 17.6 Å². The van der Waals surface area contributed by atoms with E-state index in [1.54, 1.807) is 6.20 Å². The lowest BCUT2D eigenvalue weighted by atomic mass is 9.95. The minimum absolute atomic E-state index is 0.0348. The van der Waals surface area contributed by atoms with Gasteiger partial charge in [0.25, 0.3) is 5.91 Å². The lowest BCUT2D eigenvalue weighted by Crippen LogP contribution is -2.41. The van der Waals surface area contributed by atoms with Crippen LogP contribution in [0.1, 0.15) is 77.0 Å². The van der Waals surface area contributed by atoms with Crippen LogP contribution in [0.25, 0.3) is 0 Å². The van der Waals surface area contributed by atoms with Crippen LogP contribution in [0.2, 0.25) is 0 Å². The van der Waals surface area contributed by atoms with Gasteiger partial charge >= 0.3 is 0 Å². The van der Waals surface area contributed by atoms with E-state index in [2.05, 4.69) is 9.97 Å². The number of piperidine rings is 1. The Bertz CT molecular complexity index is 1080. The molecule has 0 radical (unpaired) electrons. The Morgan fingerprint density at radius 1 is 1.06 bits per heavy atom. The summed E-state index contributed by atoms with van der Waals surface area (Å²) in [6.45, 7) is 7.74. The maximum Gasteiger partial charge on any atom is 0.257 e. The highest BCUT2D eigenvalue weighted by Crippen LogP contribution is 2.36. The van der Waals surface area contributed by atoms with Crippen LogP contribution < -0.4 is 4.90 Å². The van der Waals surface area contributed by atoms with E-state index >= 15 is 0 Å². The number of amides is 2. The summed E-state index contributed by atoms with van der Waals surface area (Å²) < 4.78 is 0. The van der Waals surface area contributed by atoms with E-state index in [4.69, 9.17) is 9.97 Å². The molecule has 1 saturated heterocycles. The molecule has 4 heterocycles. The molecule has 1 atom stereocenters.